The molecule has 124 valence electrons. The van der Waals surface area contributed by atoms with Crippen molar-refractivity contribution >= 4 is 21.9 Å². The van der Waals surface area contributed by atoms with Gasteiger partial charge < -0.3 is 9.47 Å². The van der Waals surface area contributed by atoms with E-state index in [2.05, 4.69) is 30.4 Å². The normalized spacial score (nSPS) is 11.6. The highest BCUT2D eigenvalue weighted by Gasteiger charge is 2.35. The zero-order chi connectivity index (χ0) is 16.9. The number of pyridine rings is 1. The summed E-state index contributed by atoms with van der Waals surface area (Å²) in [6.07, 6.45) is -8.04. The summed E-state index contributed by atoms with van der Waals surface area (Å²) >= 11 is 2.84. The fraction of sp³-hybridized carbons (Fsp3) is 0.500. The van der Waals surface area contributed by atoms with Crippen molar-refractivity contribution in [1.29, 1.82) is 0 Å². The number of alkyl halides is 6. The fourth-order valence-electron chi connectivity index (χ4n) is 1.63. The molecule has 0 bridgehead atoms. The molecule has 0 N–H and O–H groups in total. The van der Waals surface area contributed by atoms with Crippen molar-refractivity contribution in [3.63, 3.8) is 0 Å². The first-order chi connectivity index (χ1) is 10.2. The van der Waals surface area contributed by atoms with E-state index in [1.54, 1.807) is 0 Å². The van der Waals surface area contributed by atoms with Gasteiger partial charge in [0, 0.05) is 22.7 Å². The van der Waals surface area contributed by atoms with E-state index in [9.17, 15) is 26.7 Å². The van der Waals surface area contributed by atoms with Crippen molar-refractivity contribution in [3.8, 4) is 5.75 Å². The number of esters is 1. The number of hydrogen-bond acceptors (Lipinski definition) is 4. The fourth-order valence-corrected chi connectivity index (χ4v) is 2.20. The smallest absolute Gasteiger partial charge is 0.466 e. The molecule has 1 aromatic heterocycles. The molecule has 0 saturated carbocycles. The van der Waals surface area contributed by atoms with Crippen LogP contribution in [0.5, 0.6) is 5.75 Å². The van der Waals surface area contributed by atoms with Crippen molar-refractivity contribution < 1.29 is 36.2 Å². The third kappa shape index (κ3) is 5.08. The maximum atomic E-state index is 12.9. The van der Waals surface area contributed by atoms with Crippen molar-refractivity contribution in [2.24, 2.45) is 0 Å². The molecule has 0 aliphatic rings. The Balaban J connectivity index is 3.33. The number of halogens is 6. The van der Waals surface area contributed by atoms with Crippen molar-refractivity contribution in [1.82, 2.24) is 4.98 Å². The van der Waals surface area contributed by atoms with Crippen LogP contribution < -0.4 is 4.74 Å². The van der Waals surface area contributed by atoms with Crippen molar-refractivity contribution in [3.05, 3.63) is 23.0 Å². The van der Waals surface area contributed by atoms with Crippen LogP contribution in [0.1, 0.15) is 30.2 Å². The van der Waals surface area contributed by atoms with Gasteiger partial charge in [0.25, 0.3) is 6.43 Å². The average molecular weight is 392 g/mol. The Kier molecular flexibility index (Phi) is 6.51. The van der Waals surface area contributed by atoms with Crippen LogP contribution in [0.15, 0.2) is 6.20 Å². The molecular weight excluding hydrogens is 381 g/mol. The first-order valence-corrected chi connectivity index (χ1v) is 7.07. The summed E-state index contributed by atoms with van der Waals surface area (Å²) < 4.78 is 71.6. The van der Waals surface area contributed by atoms with Gasteiger partial charge in [0.15, 0.2) is 5.75 Å². The molecule has 0 amide bonds. The molecule has 0 radical (unpaired) electrons. The molecule has 0 fully saturated rings. The number of carbonyl (C=O) groups excluding carboxylic acids is 1. The molecule has 0 atom stereocenters. The van der Waals surface area contributed by atoms with E-state index in [0.717, 1.165) is 6.20 Å². The van der Waals surface area contributed by atoms with Crippen molar-refractivity contribution in [2.75, 3.05) is 6.61 Å². The van der Waals surface area contributed by atoms with Gasteiger partial charge in [0.2, 0.25) is 0 Å². The minimum absolute atomic E-state index is 0.0225. The number of rotatable bonds is 6. The Labute approximate surface area is 130 Å². The molecule has 0 spiro atoms. The predicted octanol–water partition coefficient (Wildman–Crippen LogP) is 3.92. The molecule has 0 aromatic carbocycles. The third-order valence-electron chi connectivity index (χ3n) is 2.45. The maximum Gasteiger partial charge on any atom is 0.573 e. The lowest BCUT2D eigenvalue weighted by Gasteiger charge is -2.18. The standard InChI is InChI=1S/C12H11BrF5NO3/c1-2-21-9(20)3-8-10(22-12(16,17)18)6(4-13)7(5-19-8)11(14)15/h5,11H,2-4H2,1H3. The highest BCUT2D eigenvalue weighted by Crippen LogP contribution is 2.36. The van der Waals surface area contributed by atoms with Gasteiger partial charge in [0.05, 0.1) is 18.7 Å². The van der Waals surface area contributed by atoms with Crippen LogP contribution in [0.4, 0.5) is 22.0 Å². The molecule has 0 saturated heterocycles. The van der Waals surface area contributed by atoms with E-state index in [4.69, 9.17) is 0 Å². The molecular formula is C12H11BrF5NO3. The third-order valence-corrected chi connectivity index (χ3v) is 3.01. The minimum Gasteiger partial charge on any atom is -0.466 e. The van der Waals surface area contributed by atoms with E-state index in [1.807, 2.05) is 0 Å². The Morgan fingerprint density at radius 1 is 1.41 bits per heavy atom. The van der Waals surface area contributed by atoms with E-state index >= 15 is 0 Å². The molecule has 0 aliphatic heterocycles. The molecule has 1 aromatic rings. The topological polar surface area (TPSA) is 48.4 Å². The maximum absolute atomic E-state index is 12.9. The van der Waals surface area contributed by atoms with Crippen LogP contribution in [0.25, 0.3) is 0 Å². The molecule has 10 heteroatoms. The van der Waals surface area contributed by atoms with Gasteiger partial charge in [-0.2, -0.15) is 0 Å². The second-order valence-electron chi connectivity index (χ2n) is 3.93. The van der Waals surface area contributed by atoms with Gasteiger partial charge in [-0.3, -0.25) is 9.78 Å². The van der Waals surface area contributed by atoms with Crippen LogP contribution in [-0.2, 0) is 21.3 Å². The Bertz CT molecular complexity index is 536. The average Bonchev–Trinajstić information content (AvgIpc) is 2.38. The summed E-state index contributed by atoms with van der Waals surface area (Å²) in [7, 11) is 0. The SMILES string of the molecule is CCOC(=O)Cc1ncc(C(F)F)c(CBr)c1OC(F)(F)F. The Hall–Kier alpha value is -1.45. The molecule has 4 nitrogen and oxygen atoms in total. The van der Waals surface area contributed by atoms with Crippen LogP contribution >= 0.6 is 15.9 Å². The van der Waals surface area contributed by atoms with Gasteiger partial charge in [-0.05, 0) is 6.92 Å². The van der Waals surface area contributed by atoms with Crippen LogP contribution in [0.2, 0.25) is 0 Å². The number of aromatic nitrogens is 1. The second-order valence-corrected chi connectivity index (χ2v) is 4.49. The predicted molar refractivity (Wildman–Crippen MR) is 68.8 cm³/mol. The molecule has 0 aliphatic carbocycles. The molecule has 1 heterocycles. The summed E-state index contributed by atoms with van der Waals surface area (Å²) in [6, 6.07) is 0. The van der Waals surface area contributed by atoms with Crippen molar-refractivity contribution in [2.45, 2.75) is 31.5 Å². The quantitative estimate of drug-likeness (QED) is 0.419. The van der Waals surface area contributed by atoms with Gasteiger partial charge >= 0.3 is 12.3 Å². The number of hydrogen-bond donors (Lipinski definition) is 0. The Morgan fingerprint density at radius 3 is 2.50 bits per heavy atom. The van der Waals surface area contributed by atoms with E-state index in [0.29, 0.717) is 0 Å². The second kappa shape index (κ2) is 7.70. The van der Waals surface area contributed by atoms with E-state index in [1.165, 1.54) is 6.92 Å². The first-order valence-electron chi connectivity index (χ1n) is 5.95. The zero-order valence-electron chi connectivity index (χ0n) is 11.2. The summed E-state index contributed by atoms with van der Waals surface area (Å²) in [5, 5.41) is -0.323. The zero-order valence-corrected chi connectivity index (χ0v) is 12.8. The highest BCUT2D eigenvalue weighted by molar-refractivity contribution is 9.08. The monoisotopic (exact) mass is 391 g/mol. The summed E-state index contributed by atoms with van der Waals surface area (Å²) in [4.78, 5) is 14.9. The number of nitrogens with zero attached hydrogens (tertiary/aromatic N) is 1. The van der Waals surface area contributed by atoms with Crippen LogP contribution in [0, 0.1) is 0 Å². The molecule has 0 unspecified atom stereocenters. The van der Waals surface area contributed by atoms with E-state index in [-0.39, 0.29) is 11.9 Å². The first kappa shape index (κ1) is 18.6. The molecule has 1 rings (SSSR count). The largest absolute Gasteiger partial charge is 0.573 e. The number of ether oxygens (including phenoxy) is 2. The lowest BCUT2D eigenvalue weighted by Crippen LogP contribution is -2.21. The van der Waals surface area contributed by atoms with E-state index < -0.39 is 47.7 Å². The van der Waals surface area contributed by atoms with Gasteiger partial charge in [0.1, 0.15) is 0 Å². The lowest BCUT2D eigenvalue weighted by molar-refractivity contribution is -0.275. The summed E-state index contributed by atoms with van der Waals surface area (Å²) in [5.74, 6) is -1.75. The summed E-state index contributed by atoms with van der Waals surface area (Å²) in [6.45, 7) is 1.54. The lowest BCUT2D eigenvalue weighted by atomic mass is 10.1. The van der Waals surface area contributed by atoms with Gasteiger partial charge in [-0.15, -0.1) is 13.2 Å². The molecule has 22 heavy (non-hydrogen) atoms. The summed E-state index contributed by atoms with van der Waals surface area (Å²) in [5.41, 5.74) is -1.54. The van der Waals surface area contributed by atoms with Gasteiger partial charge in [-0.1, -0.05) is 15.9 Å². The van der Waals surface area contributed by atoms with Gasteiger partial charge in [-0.25, -0.2) is 8.78 Å². The highest BCUT2D eigenvalue weighted by atomic mass is 79.9. The Morgan fingerprint density at radius 2 is 2.05 bits per heavy atom. The minimum atomic E-state index is -5.11. The van der Waals surface area contributed by atoms with Crippen LogP contribution in [0.3, 0.4) is 0 Å². The number of carbonyl (C=O) groups is 1. The van der Waals surface area contributed by atoms with Crippen LogP contribution in [-0.4, -0.2) is 23.9 Å².